The number of rotatable bonds is 6. The molecule has 1 heterocycles. The second-order valence-corrected chi connectivity index (χ2v) is 10.5. The van der Waals surface area contributed by atoms with E-state index in [9.17, 15) is 21.6 Å². The van der Waals surface area contributed by atoms with Gasteiger partial charge in [-0.25, -0.2) is 21.6 Å². The molecule has 0 aliphatic heterocycles. The first kappa shape index (κ1) is 20.6. The maximum absolute atomic E-state index is 12.9. The summed E-state index contributed by atoms with van der Waals surface area (Å²) in [5, 5.41) is 1.51. The molecule has 0 aliphatic carbocycles. The number of sulfone groups is 1. The summed E-state index contributed by atoms with van der Waals surface area (Å²) in [6.07, 6.45) is 1.10. The van der Waals surface area contributed by atoms with E-state index >= 15 is 0 Å². The standard InChI is InChI=1S/C16H19NO6S3/c1-11(12-5-7-13(8-6-12)25(4,19)20)17(2)26(21,22)14-9-10-24-15(14)16(18)23-3/h5-11H,1-4H3/t11-/m1/s1. The highest BCUT2D eigenvalue weighted by Gasteiger charge is 2.31. The van der Waals surface area contributed by atoms with Crippen LogP contribution in [0.2, 0.25) is 0 Å². The number of carbonyl (C=O) groups excluding carboxylic acids is 1. The molecule has 0 bridgehead atoms. The molecule has 1 aromatic carbocycles. The van der Waals surface area contributed by atoms with Gasteiger partial charge in [0.25, 0.3) is 0 Å². The van der Waals surface area contributed by atoms with Gasteiger partial charge in [-0.1, -0.05) is 12.1 Å². The van der Waals surface area contributed by atoms with Gasteiger partial charge in [-0.2, -0.15) is 4.31 Å². The van der Waals surface area contributed by atoms with Gasteiger partial charge in [0, 0.05) is 19.3 Å². The van der Waals surface area contributed by atoms with Crippen LogP contribution in [0.3, 0.4) is 0 Å². The van der Waals surface area contributed by atoms with Crippen LogP contribution in [-0.4, -0.2) is 47.5 Å². The van der Waals surface area contributed by atoms with Crippen molar-refractivity contribution in [3.05, 3.63) is 46.2 Å². The van der Waals surface area contributed by atoms with Gasteiger partial charge >= 0.3 is 5.97 Å². The third-order valence-corrected chi connectivity index (χ3v) is 8.12. The molecule has 10 heteroatoms. The topological polar surface area (TPSA) is 97.8 Å². The highest BCUT2D eigenvalue weighted by molar-refractivity contribution is 7.90. The monoisotopic (exact) mass is 417 g/mol. The van der Waals surface area contributed by atoms with Gasteiger partial charge in [0.05, 0.1) is 12.0 Å². The first-order valence-corrected chi connectivity index (χ1v) is 11.6. The normalized spacial score (nSPS) is 13.6. The van der Waals surface area contributed by atoms with Crippen molar-refractivity contribution in [3.63, 3.8) is 0 Å². The first-order chi connectivity index (χ1) is 12.0. The fourth-order valence-electron chi connectivity index (χ4n) is 2.31. The molecule has 0 saturated heterocycles. The zero-order valence-corrected chi connectivity index (χ0v) is 17.1. The van der Waals surface area contributed by atoms with Crippen LogP contribution in [0.25, 0.3) is 0 Å². The zero-order valence-electron chi connectivity index (χ0n) is 14.7. The van der Waals surface area contributed by atoms with E-state index < -0.39 is 31.9 Å². The Morgan fingerprint density at radius 3 is 2.19 bits per heavy atom. The Balaban J connectivity index is 2.37. The van der Waals surface area contributed by atoms with Crippen molar-refractivity contribution < 1.29 is 26.4 Å². The molecule has 0 unspecified atom stereocenters. The summed E-state index contributed by atoms with van der Waals surface area (Å²) in [5.41, 5.74) is 0.623. The lowest BCUT2D eigenvalue weighted by molar-refractivity contribution is 0.0602. The van der Waals surface area contributed by atoms with Crippen molar-refractivity contribution in [1.82, 2.24) is 4.31 Å². The van der Waals surface area contributed by atoms with Gasteiger partial charge in [0.2, 0.25) is 10.0 Å². The molecule has 0 spiro atoms. The predicted molar refractivity (Wildman–Crippen MR) is 98.6 cm³/mol. The Kier molecular flexibility index (Phi) is 5.91. The van der Waals surface area contributed by atoms with E-state index in [0.717, 1.165) is 21.9 Å². The van der Waals surface area contributed by atoms with Crippen LogP contribution in [-0.2, 0) is 24.6 Å². The van der Waals surface area contributed by atoms with E-state index in [4.69, 9.17) is 0 Å². The molecule has 0 aliphatic rings. The number of thiophene rings is 1. The number of nitrogens with zero attached hydrogens (tertiary/aromatic N) is 1. The molecule has 0 fully saturated rings. The molecule has 2 rings (SSSR count). The number of ether oxygens (including phenoxy) is 1. The largest absolute Gasteiger partial charge is 0.465 e. The van der Waals surface area contributed by atoms with Gasteiger partial charge in [-0.05, 0) is 36.1 Å². The second-order valence-electron chi connectivity index (χ2n) is 5.64. The van der Waals surface area contributed by atoms with Crippen molar-refractivity contribution >= 4 is 37.2 Å². The zero-order chi connectivity index (χ0) is 19.7. The molecule has 1 aromatic heterocycles. The number of esters is 1. The summed E-state index contributed by atoms with van der Waals surface area (Å²) in [4.78, 5) is 11.8. The van der Waals surface area contributed by atoms with Crippen LogP contribution in [0, 0.1) is 0 Å². The van der Waals surface area contributed by atoms with E-state index in [1.165, 1.54) is 37.7 Å². The lowest BCUT2D eigenvalue weighted by atomic mass is 10.1. The number of hydrogen-bond donors (Lipinski definition) is 0. The third-order valence-electron chi connectivity index (χ3n) is 3.99. The minimum Gasteiger partial charge on any atom is -0.465 e. The minimum absolute atomic E-state index is 0.0129. The van der Waals surface area contributed by atoms with E-state index in [2.05, 4.69) is 4.74 Å². The Bertz CT molecular complexity index is 1010. The van der Waals surface area contributed by atoms with Crippen LogP contribution in [0.4, 0.5) is 0 Å². The lowest BCUT2D eigenvalue weighted by Crippen LogP contribution is -2.30. The fourth-order valence-corrected chi connectivity index (χ4v) is 5.60. The Morgan fingerprint density at radius 1 is 1.12 bits per heavy atom. The summed E-state index contributed by atoms with van der Waals surface area (Å²) >= 11 is 0.992. The van der Waals surface area contributed by atoms with Gasteiger partial charge < -0.3 is 4.74 Å². The molecule has 0 saturated carbocycles. The number of methoxy groups -OCH3 is 1. The van der Waals surface area contributed by atoms with E-state index in [-0.39, 0.29) is 14.7 Å². The molecule has 0 amide bonds. The average molecular weight is 418 g/mol. The SMILES string of the molecule is COC(=O)c1sccc1S(=O)(=O)N(C)[C@H](C)c1ccc(S(C)(=O)=O)cc1. The van der Waals surface area contributed by atoms with Crippen molar-refractivity contribution in [1.29, 1.82) is 0 Å². The van der Waals surface area contributed by atoms with Gasteiger partial charge in [0.1, 0.15) is 9.77 Å². The van der Waals surface area contributed by atoms with Crippen LogP contribution >= 0.6 is 11.3 Å². The molecule has 0 radical (unpaired) electrons. The molecule has 2 aromatic rings. The summed E-state index contributed by atoms with van der Waals surface area (Å²) in [5.74, 6) is -0.711. The van der Waals surface area contributed by atoms with Crippen LogP contribution in [0.1, 0.15) is 28.2 Å². The molecule has 7 nitrogen and oxygen atoms in total. The smallest absolute Gasteiger partial charge is 0.349 e. The average Bonchev–Trinajstić information content (AvgIpc) is 3.09. The van der Waals surface area contributed by atoms with Crippen molar-refractivity contribution in [2.45, 2.75) is 22.8 Å². The maximum atomic E-state index is 12.9. The first-order valence-electron chi connectivity index (χ1n) is 7.44. The molecular weight excluding hydrogens is 398 g/mol. The summed E-state index contributed by atoms with van der Waals surface area (Å²) < 4.78 is 54.7. The molecule has 0 N–H and O–H groups in total. The molecule has 26 heavy (non-hydrogen) atoms. The van der Waals surface area contributed by atoms with Crippen molar-refractivity contribution in [2.75, 3.05) is 20.4 Å². The number of sulfonamides is 1. The number of hydrogen-bond acceptors (Lipinski definition) is 7. The van der Waals surface area contributed by atoms with Gasteiger partial charge in [-0.3, -0.25) is 0 Å². The summed E-state index contributed by atoms with van der Waals surface area (Å²) in [7, 11) is -4.68. The summed E-state index contributed by atoms with van der Waals surface area (Å²) in [6.45, 7) is 1.68. The second kappa shape index (κ2) is 7.47. The number of carbonyl (C=O) groups is 1. The summed E-state index contributed by atoms with van der Waals surface area (Å²) in [6, 6.07) is 6.81. The van der Waals surface area contributed by atoms with Crippen LogP contribution in [0.5, 0.6) is 0 Å². The lowest BCUT2D eigenvalue weighted by Gasteiger charge is -2.24. The predicted octanol–water partition coefficient (Wildman–Crippen LogP) is 2.32. The highest BCUT2D eigenvalue weighted by atomic mass is 32.2. The highest BCUT2D eigenvalue weighted by Crippen LogP contribution is 2.30. The van der Waals surface area contributed by atoms with Crippen LogP contribution in [0.15, 0.2) is 45.5 Å². The van der Waals surface area contributed by atoms with E-state index in [0.29, 0.717) is 5.56 Å². The van der Waals surface area contributed by atoms with Crippen LogP contribution < -0.4 is 0 Å². The Hall–Kier alpha value is -1.75. The Morgan fingerprint density at radius 2 is 1.69 bits per heavy atom. The third kappa shape index (κ3) is 3.98. The quantitative estimate of drug-likeness (QED) is 0.669. The molecule has 1 atom stereocenters. The molecular formula is C16H19NO6S3. The minimum atomic E-state index is -3.94. The number of benzene rings is 1. The van der Waals surface area contributed by atoms with Crippen molar-refractivity contribution in [2.24, 2.45) is 0 Å². The maximum Gasteiger partial charge on any atom is 0.349 e. The fraction of sp³-hybridized carbons (Fsp3) is 0.312. The van der Waals surface area contributed by atoms with Crippen molar-refractivity contribution in [3.8, 4) is 0 Å². The van der Waals surface area contributed by atoms with Gasteiger partial charge in [-0.15, -0.1) is 11.3 Å². The van der Waals surface area contributed by atoms with E-state index in [1.807, 2.05) is 0 Å². The van der Waals surface area contributed by atoms with Gasteiger partial charge in [0.15, 0.2) is 9.84 Å². The Labute approximate surface area is 157 Å². The molecule has 142 valence electrons. The van der Waals surface area contributed by atoms with E-state index in [1.54, 1.807) is 19.1 Å².